The Balaban J connectivity index is 1.28. The first-order chi connectivity index (χ1) is 20.2. The molecule has 0 unspecified atom stereocenters. The molecule has 1 aromatic heterocycles. The van der Waals surface area contributed by atoms with Crippen LogP contribution in [0.1, 0.15) is 0 Å². The smallest absolute Gasteiger partial charge is 0.0497 e. The molecule has 0 spiro atoms. The zero-order chi connectivity index (χ0) is 27.6. The summed E-state index contributed by atoms with van der Waals surface area (Å²) in [5, 5.41) is 1.26. The summed E-state index contributed by atoms with van der Waals surface area (Å²) in [6, 6.07) is 56.2. The third-order valence-corrected chi connectivity index (χ3v) is 9.69. The highest BCUT2D eigenvalue weighted by Gasteiger charge is 2.16. The fourth-order valence-corrected chi connectivity index (χ4v) is 7.32. The SMILES string of the molecule is Brc1c(-c2ccc(N(c3ccc(-c4ccccc4)cc3)c3ccc(-c4ccccc4)cc3)cc2)sc2ccccc12. The van der Waals surface area contributed by atoms with Crippen LogP contribution in [0.5, 0.6) is 0 Å². The molecule has 196 valence electrons. The lowest BCUT2D eigenvalue weighted by molar-refractivity contribution is 1.28. The van der Waals surface area contributed by atoms with Crippen molar-refractivity contribution in [2.75, 3.05) is 4.90 Å². The lowest BCUT2D eigenvalue weighted by Gasteiger charge is -2.26. The fraction of sp³-hybridized carbons (Fsp3) is 0. The number of halogens is 1. The zero-order valence-electron chi connectivity index (χ0n) is 22.2. The van der Waals surface area contributed by atoms with Crippen LogP contribution in [-0.2, 0) is 0 Å². The van der Waals surface area contributed by atoms with Crippen molar-refractivity contribution in [2.45, 2.75) is 0 Å². The molecule has 6 aromatic carbocycles. The molecule has 0 N–H and O–H groups in total. The van der Waals surface area contributed by atoms with Crippen molar-refractivity contribution >= 4 is 54.4 Å². The molecule has 7 rings (SSSR count). The number of nitrogens with zero attached hydrogens (tertiary/aromatic N) is 1. The highest BCUT2D eigenvalue weighted by atomic mass is 79.9. The number of thiophene rings is 1. The summed E-state index contributed by atoms with van der Waals surface area (Å²) in [5.74, 6) is 0. The first-order valence-electron chi connectivity index (χ1n) is 13.6. The van der Waals surface area contributed by atoms with Crippen LogP contribution in [-0.4, -0.2) is 0 Å². The topological polar surface area (TPSA) is 3.24 Å². The molecule has 0 amide bonds. The normalized spacial score (nSPS) is 11.0. The average molecular weight is 609 g/mol. The summed E-state index contributed by atoms with van der Waals surface area (Å²) in [6.45, 7) is 0. The molecule has 41 heavy (non-hydrogen) atoms. The van der Waals surface area contributed by atoms with Gasteiger partial charge in [-0.15, -0.1) is 11.3 Å². The summed E-state index contributed by atoms with van der Waals surface area (Å²) < 4.78 is 2.45. The van der Waals surface area contributed by atoms with E-state index in [9.17, 15) is 0 Å². The van der Waals surface area contributed by atoms with E-state index in [1.165, 1.54) is 42.8 Å². The van der Waals surface area contributed by atoms with Crippen molar-refractivity contribution in [3.63, 3.8) is 0 Å². The summed E-state index contributed by atoms with van der Waals surface area (Å²) in [4.78, 5) is 3.58. The molecule has 0 saturated carbocycles. The maximum absolute atomic E-state index is 3.86. The van der Waals surface area contributed by atoms with Gasteiger partial charge in [-0.25, -0.2) is 0 Å². The van der Waals surface area contributed by atoms with E-state index in [0.717, 1.165) is 21.5 Å². The third-order valence-electron chi connectivity index (χ3n) is 7.39. The minimum Gasteiger partial charge on any atom is -0.311 e. The lowest BCUT2D eigenvalue weighted by atomic mass is 10.0. The van der Waals surface area contributed by atoms with Gasteiger partial charge in [-0.05, 0) is 86.2 Å². The first kappa shape index (κ1) is 25.5. The molecule has 7 aromatic rings. The van der Waals surface area contributed by atoms with Crippen LogP contribution < -0.4 is 4.90 Å². The minimum atomic E-state index is 1.12. The van der Waals surface area contributed by atoms with Crippen molar-refractivity contribution in [3.8, 4) is 32.7 Å². The molecule has 0 aliphatic heterocycles. The van der Waals surface area contributed by atoms with E-state index < -0.39 is 0 Å². The Hall–Kier alpha value is -4.44. The summed E-state index contributed by atoms with van der Waals surface area (Å²) in [6.07, 6.45) is 0. The fourth-order valence-electron chi connectivity index (χ4n) is 5.28. The van der Waals surface area contributed by atoms with Crippen LogP contribution in [0, 0.1) is 0 Å². The van der Waals surface area contributed by atoms with Gasteiger partial charge >= 0.3 is 0 Å². The average Bonchev–Trinajstić information content (AvgIpc) is 3.39. The van der Waals surface area contributed by atoms with Crippen LogP contribution in [0.2, 0.25) is 0 Å². The largest absolute Gasteiger partial charge is 0.311 e. The molecule has 0 bridgehead atoms. The van der Waals surface area contributed by atoms with Gasteiger partial charge in [0.1, 0.15) is 0 Å². The van der Waals surface area contributed by atoms with Gasteiger partial charge in [0.15, 0.2) is 0 Å². The van der Waals surface area contributed by atoms with Gasteiger partial charge in [0.25, 0.3) is 0 Å². The van der Waals surface area contributed by atoms with Crippen LogP contribution >= 0.6 is 27.3 Å². The number of anilines is 3. The molecule has 1 heterocycles. The quantitative estimate of drug-likeness (QED) is 0.182. The molecule has 0 fully saturated rings. The van der Waals surface area contributed by atoms with Crippen molar-refractivity contribution < 1.29 is 0 Å². The Bertz CT molecular complexity index is 1830. The number of hydrogen-bond donors (Lipinski definition) is 0. The molecule has 1 nitrogen and oxygen atoms in total. The van der Waals surface area contributed by atoms with Crippen molar-refractivity contribution in [2.24, 2.45) is 0 Å². The standard InChI is InChI=1S/C38H26BrNS/c39-37-35-13-7-8-14-36(35)41-38(37)31-19-25-34(26-20-31)40(32-21-15-29(16-22-32)27-9-3-1-4-10-27)33-23-17-30(18-24-33)28-11-5-2-6-12-28/h1-26H. The number of rotatable bonds is 6. The third kappa shape index (κ3) is 5.11. The van der Waals surface area contributed by atoms with E-state index in [1.54, 1.807) is 0 Å². The van der Waals surface area contributed by atoms with Crippen LogP contribution in [0.3, 0.4) is 0 Å². The van der Waals surface area contributed by atoms with Gasteiger partial charge in [-0.1, -0.05) is 115 Å². The monoisotopic (exact) mass is 607 g/mol. The Kier molecular flexibility index (Phi) is 6.98. The molecule has 0 atom stereocenters. The Morgan fingerprint density at radius 1 is 0.390 bits per heavy atom. The van der Waals surface area contributed by atoms with Crippen LogP contribution in [0.4, 0.5) is 17.1 Å². The van der Waals surface area contributed by atoms with Crippen LogP contribution in [0.25, 0.3) is 42.8 Å². The maximum Gasteiger partial charge on any atom is 0.0497 e. The summed E-state index contributed by atoms with van der Waals surface area (Å²) in [5.41, 5.74) is 9.41. The molecule has 3 heteroatoms. The van der Waals surface area contributed by atoms with Crippen molar-refractivity contribution in [3.05, 3.63) is 162 Å². The van der Waals surface area contributed by atoms with Gasteiger partial charge in [-0.2, -0.15) is 0 Å². The highest BCUT2D eigenvalue weighted by molar-refractivity contribution is 9.10. The van der Waals surface area contributed by atoms with E-state index in [2.05, 4.69) is 179 Å². The van der Waals surface area contributed by atoms with E-state index >= 15 is 0 Å². The molecule has 0 aliphatic carbocycles. The highest BCUT2D eigenvalue weighted by Crippen LogP contribution is 2.43. The molecule has 0 radical (unpaired) electrons. The molecule has 0 aliphatic rings. The zero-order valence-corrected chi connectivity index (χ0v) is 24.6. The summed E-state index contributed by atoms with van der Waals surface area (Å²) in [7, 11) is 0. The lowest BCUT2D eigenvalue weighted by Crippen LogP contribution is -2.09. The van der Waals surface area contributed by atoms with Crippen LogP contribution in [0.15, 0.2) is 162 Å². The van der Waals surface area contributed by atoms with Gasteiger partial charge in [0.2, 0.25) is 0 Å². The Morgan fingerprint density at radius 2 is 0.780 bits per heavy atom. The Morgan fingerprint density at radius 3 is 1.24 bits per heavy atom. The molecular weight excluding hydrogens is 582 g/mol. The second-order valence-corrected chi connectivity index (χ2v) is 11.8. The van der Waals surface area contributed by atoms with Gasteiger partial charge in [-0.3, -0.25) is 0 Å². The second-order valence-electron chi connectivity index (χ2n) is 9.95. The maximum atomic E-state index is 3.86. The van der Waals surface area contributed by atoms with Gasteiger partial charge in [0, 0.05) is 36.5 Å². The Labute approximate surface area is 253 Å². The van der Waals surface area contributed by atoms with Gasteiger partial charge < -0.3 is 4.90 Å². The number of fused-ring (bicyclic) bond motifs is 1. The molecule has 0 saturated heterocycles. The second kappa shape index (κ2) is 11.2. The van der Waals surface area contributed by atoms with Gasteiger partial charge in [0.05, 0.1) is 0 Å². The predicted octanol–water partition coefficient (Wildman–Crippen LogP) is 12.1. The number of hydrogen-bond acceptors (Lipinski definition) is 2. The number of benzene rings is 6. The van der Waals surface area contributed by atoms with Crippen molar-refractivity contribution in [1.29, 1.82) is 0 Å². The predicted molar refractivity (Wildman–Crippen MR) is 181 cm³/mol. The van der Waals surface area contributed by atoms with E-state index in [0.29, 0.717) is 0 Å². The van der Waals surface area contributed by atoms with Crippen molar-refractivity contribution in [1.82, 2.24) is 0 Å². The van der Waals surface area contributed by atoms with E-state index in [4.69, 9.17) is 0 Å². The minimum absolute atomic E-state index is 1.12. The summed E-state index contributed by atoms with van der Waals surface area (Å²) >= 11 is 5.68. The van der Waals surface area contributed by atoms with E-state index in [1.807, 2.05) is 11.3 Å². The van der Waals surface area contributed by atoms with E-state index in [-0.39, 0.29) is 0 Å². The molecular formula is C38H26BrNS. The first-order valence-corrected chi connectivity index (χ1v) is 15.2.